The van der Waals surface area contributed by atoms with Gasteiger partial charge in [-0.2, -0.15) is 0 Å². The van der Waals surface area contributed by atoms with E-state index in [1.807, 2.05) is 4.90 Å². The molecule has 3 rings (SSSR count). The zero-order chi connectivity index (χ0) is 20.1. The molecule has 154 valence electrons. The van der Waals surface area contributed by atoms with E-state index in [0.717, 1.165) is 51.6 Å². The molecule has 7 heteroatoms. The summed E-state index contributed by atoms with van der Waals surface area (Å²) in [6.45, 7) is 1.78. The van der Waals surface area contributed by atoms with Crippen LogP contribution in [0.2, 0.25) is 0 Å². The Hall–Kier alpha value is -2.44. The Morgan fingerprint density at radius 3 is 1.93 bits per heavy atom. The number of methoxy groups -OCH3 is 3. The van der Waals surface area contributed by atoms with Gasteiger partial charge in [0.1, 0.15) is 0 Å². The molecule has 0 spiro atoms. The highest BCUT2D eigenvalue weighted by atomic mass is 16.5. The van der Waals surface area contributed by atoms with Crippen LogP contribution in [0.25, 0.3) is 0 Å². The molecule has 1 N–H and O–H groups in total. The Labute approximate surface area is 166 Å². The van der Waals surface area contributed by atoms with E-state index in [2.05, 4.69) is 5.32 Å². The second kappa shape index (κ2) is 9.17. The molecule has 2 fully saturated rings. The summed E-state index contributed by atoms with van der Waals surface area (Å²) in [6, 6.07) is 3.45. The smallest absolute Gasteiger partial charge is 0.227 e. The van der Waals surface area contributed by atoms with E-state index in [1.54, 1.807) is 33.5 Å². The molecule has 1 aliphatic carbocycles. The molecule has 7 nitrogen and oxygen atoms in total. The largest absolute Gasteiger partial charge is 0.493 e. The standard InChI is InChI=1S/C21H30N2O5/c1-26-17-12-16(13-18(27-2)19(17)28-3)22-20(24)14-6-8-15(9-7-14)21(25)23-10-4-5-11-23/h12-15H,4-11H2,1-3H3,(H,22,24). The number of benzene rings is 1. The van der Waals surface area contributed by atoms with Crippen LogP contribution in [0.5, 0.6) is 17.2 Å². The van der Waals surface area contributed by atoms with Crippen LogP contribution < -0.4 is 19.5 Å². The van der Waals surface area contributed by atoms with Gasteiger partial charge in [-0.3, -0.25) is 9.59 Å². The Balaban J connectivity index is 1.59. The average Bonchev–Trinajstić information content (AvgIpc) is 3.27. The summed E-state index contributed by atoms with van der Waals surface area (Å²) in [4.78, 5) is 27.3. The summed E-state index contributed by atoms with van der Waals surface area (Å²) in [5, 5.41) is 2.96. The van der Waals surface area contributed by atoms with Crippen molar-refractivity contribution in [2.24, 2.45) is 11.8 Å². The molecule has 1 heterocycles. The van der Waals surface area contributed by atoms with Crippen LogP contribution in [-0.2, 0) is 9.59 Å². The monoisotopic (exact) mass is 390 g/mol. The minimum atomic E-state index is -0.0817. The number of carbonyl (C=O) groups is 2. The fourth-order valence-corrected chi connectivity index (χ4v) is 4.20. The molecule has 0 radical (unpaired) electrons. The number of hydrogen-bond acceptors (Lipinski definition) is 5. The maximum absolute atomic E-state index is 12.7. The maximum atomic E-state index is 12.7. The molecule has 0 aromatic heterocycles. The van der Waals surface area contributed by atoms with Crippen LogP contribution in [0.4, 0.5) is 5.69 Å². The molecule has 1 saturated carbocycles. The maximum Gasteiger partial charge on any atom is 0.227 e. The molecule has 2 amide bonds. The average molecular weight is 390 g/mol. The minimum Gasteiger partial charge on any atom is -0.493 e. The van der Waals surface area contributed by atoms with E-state index in [9.17, 15) is 9.59 Å². The number of ether oxygens (including phenoxy) is 3. The minimum absolute atomic E-state index is 0.0265. The topological polar surface area (TPSA) is 77.1 Å². The highest BCUT2D eigenvalue weighted by Gasteiger charge is 2.33. The van der Waals surface area contributed by atoms with E-state index >= 15 is 0 Å². The SMILES string of the molecule is COc1cc(NC(=O)C2CCC(C(=O)N3CCCC3)CC2)cc(OC)c1OC. The molecule has 1 aliphatic heterocycles. The molecule has 0 unspecified atom stereocenters. The molecular weight excluding hydrogens is 360 g/mol. The van der Waals surface area contributed by atoms with Crippen molar-refractivity contribution in [3.05, 3.63) is 12.1 Å². The van der Waals surface area contributed by atoms with Crippen molar-refractivity contribution in [3.8, 4) is 17.2 Å². The third kappa shape index (κ3) is 4.34. The van der Waals surface area contributed by atoms with Crippen molar-refractivity contribution in [1.29, 1.82) is 0 Å². The Morgan fingerprint density at radius 1 is 0.893 bits per heavy atom. The summed E-state index contributed by atoms with van der Waals surface area (Å²) in [7, 11) is 4.63. The zero-order valence-electron chi connectivity index (χ0n) is 17.0. The van der Waals surface area contributed by atoms with Crippen molar-refractivity contribution in [2.75, 3.05) is 39.7 Å². The number of amides is 2. The third-order valence-corrected chi connectivity index (χ3v) is 5.80. The van der Waals surface area contributed by atoms with Gasteiger partial charge in [-0.25, -0.2) is 0 Å². The van der Waals surface area contributed by atoms with Gasteiger partial charge < -0.3 is 24.4 Å². The van der Waals surface area contributed by atoms with Crippen molar-refractivity contribution < 1.29 is 23.8 Å². The Bertz CT molecular complexity index is 682. The van der Waals surface area contributed by atoms with Gasteiger partial charge in [0.05, 0.1) is 21.3 Å². The van der Waals surface area contributed by atoms with E-state index in [4.69, 9.17) is 14.2 Å². The summed E-state index contributed by atoms with van der Waals surface area (Å²) in [5.74, 6) is 1.73. The predicted octanol–water partition coefficient (Wildman–Crippen LogP) is 3.08. The predicted molar refractivity (Wildman–Crippen MR) is 106 cm³/mol. The van der Waals surface area contributed by atoms with Crippen molar-refractivity contribution >= 4 is 17.5 Å². The number of rotatable bonds is 6. The summed E-state index contributed by atoms with van der Waals surface area (Å²) in [6.07, 6.45) is 5.25. The highest BCUT2D eigenvalue weighted by molar-refractivity contribution is 5.93. The summed E-state index contributed by atoms with van der Waals surface area (Å²) >= 11 is 0. The lowest BCUT2D eigenvalue weighted by Crippen LogP contribution is -2.37. The lowest BCUT2D eigenvalue weighted by Gasteiger charge is -2.30. The molecule has 1 saturated heterocycles. The second-order valence-corrected chi connectivity index (χ2v) is 7.48. The number of nitrogens with zero attached hydrogens (tertiary/aromatic N) is 1. The lowest BCUT2D eigenvalue weighted by atomic mass is 9.81. The second-order valence-electron chi connectivity index (χ2n) is 7.48. The number of likely N-dealkylation sites (tertiary alicyclic amines) is 1. The van der Waals surface area contributed by atoms with E-state index in [1.165, 1.54) is 0 Å². The molecule has 1 aromatic carbocycles. The van der Waals surface area contributed by atoms with Crippen LogP contribution in [0, 0.1) is 11.8 Å². The van der Waals surface area contributed by atoms with Crippen LogP contribution in [0.1, 0.15) is 38.5 Å². The molecule has 0 bridgehead atoms. The Morgan fingerprint density at radius 2 is 1.43 bits per heavy atom. The zero-order valence-corrected chi connectivity index (χ0v) is 17.0. The number of nitrogens with one attached hydrogen (secondary N) is 1. The third-order valence-electron chi connectivity index (χ3n) is 5.80. The molecule has 0 atom stereocenters. The van der Waals surface area contributed by atoms with E-state index in [-0.39, 0.29) is 23.7 Å². The van der Waals surface area contributed by atoms with Gasteiger partial charge in [-0.1, -0.05) is 0 Å². The summed E-state index contributed by atoms with van der Waals surface area (Å²) in [5.41, 5.74) is 0.606. The van der Waals surface area contributed by atoms with Gasteiger partial charge in [-0.15, -0.1) is 0 Å². The van der Waals surface area contributed by atoms with Crippen molar-refractivity contribution in [3.63, 3.8) is 0 Å². The van der Waals surface area contributed by atoms with Gasteiger partial charge >= 0.3 is 0 Å². The first-order chi connectivity index (χ1) is 13.6. The molecule has 2 aliphatic rings. The van der Waals surface area contributed by atoms with E-state index < -0.39 is 0 Å². The molecular formula is C21H30N2O5. The van der Waals surface area contributed by atoms with E-state index in [0.29, 0.717) is 22.9 Å². The fourth-order valence-electron chi connectivity index (χ4n) is 4.20. The van der Waals surface area contributed by atoms with Gasteiger partial charge in [-0.05, 0) is 38.5 Å². The number of carbonyl (C=O) groups excluding carboxylic acids is 2. The van der Waals surface area contributed by atoms with Gasteiger partial charge in [0.2, 0.25) is 17.6 Å². The molecule has 28 heavy (non-hydrogen) atoms. The summed E-state index contributed by atoms with van der Waals surface area (Å²) < 4.78 is 16.0. The first-order valence-electron chi connectivity index (χ1n) is 9.97. The van der Waals surface area contributed by atoms with Crippen LogP contribution in [0.3, 0.4) is 0 Å². The normalized spacial score (nSPS) is 21.9. The van der Waals surface area contributed by atoms with Crippen LogP contribution >= 0.6 is 0 Å². The van der Waals surface area contributed by atoms with Gasteiger partial charge in [0, 0.05) is 42.7 Å². The fraction of sp³-hybridized carbons (Fsp3) is 0.619. The van der Waals surface area contributed by atoms with Crippen molar-refractivity contribution in [1.82, 2.24) is 4.90 Å². The van der Waals surface area contributed by atoms with Gasteiger partial charge in [0.25, 0.3) is 0 Å². The Kier molecular flexibility index (Phi) is 6.65. The van der Waals surface area contributed by atoms with Gasteiger partial charge in [0.15, 0.2) is 11.5 Å². The lowest BCUT2D eigenvalue weighted by molar-refractivity contribution is -0.136. The highest BCUT2D eigenvalue weighted by Crippen LogP contribution is 2.40. The number of anilines is 1. The van der Waals surface area contributed by atoms with Crippen molar-refractivity contribution in [2.45, 2.75) is 38.5 Å². The van der Waals surface area contributed by atoms with Crippen LogP contribution in [0.15, 0.2) is 12.1 Å². The quantitative estimate of drug-likeness (QED) is 0.808. The first-order valence-corrected chi connectivity index (χ1v) is 9.97. The number of hydrogen-bond donors (Lipinski definition) is 1. The van der Waals surface area contributed by atoms with Crippen LogP contribution in [-0.4, -0.2) is 51.1 Å². The molecule has 1 aromatic rings. The first kappa shape index (κ1) is 20.3.